The van der Waals surface area contributed by atoms with E-state index in [9.17, 15) is 0 Å². The van der Waals surface area contributed by atoms with Crippen molar-refractivity contribution in [2.24, 2.45) is 4.99 Å². The first-order chi connectivity index (χ1) is 11.8. The van der Waals surface area contributed by atoms with Crippen LogP contribution in [0.1, 0.15) is 47.3 Å². The van der Waals surface area contributed by atoms with Crippen LogP contribution in [0, 0.1) is 0 Å². The van der Waals surface area contributed by atoms with Gasteiger partial charge in [0.15, 0.2) is 5.96 Å². The summed E-state index contributed by atoms with van der Waals surface area (Å²) in [7, 11) is 0. The molecule has 6 heteroatoms. The van der Waals surface area contributed by atoms with Crippen molar-refractivity contribution in [3.63, 3.8) is 0 Å². The summed E-state index contributed by atoms with van der Waals surface area (Å²) in [6.07, 6.45) is 7.23. The van der Waals surface area contributed by atoms with E-state index in [1.54, 1.807) is 11.3 Å². The molecule has 0 amide bonds. The monoisotopic (exact) mass is 362 g/mol. The molecule has 0 aromatic carbocycles. The number of hydrogen-bond donors (Lipinski definition) is 2. The maximum atomic E-state index is 4.82. The normalized spacial score (nSPS) is 14.5. The predicted octanol–water partition coefficient (Wildman–Crippen LogP) is 3.77. The van der Waals surface area contributed by atoms with Crippen molar-refractivity contribution < 1.29 is 0 Å². The van der Waals surface area contributed by atoms with Gasteiger partial charge in [-0.25, -0.2) is 9.98 Å². The minimum absolute atomic E-state index is 0.734. The van der Waals surface area contributed by atoms with E-state index in [1.165, 1.54) is 46.8 Å². The fourth-order valence-corrected chi connectivity index (χ4v) is 4.71. The summed E-state index contributed by atoms with van der Waals surface area (Å²) < 4.78 is 0. The van der Waals surface area contributed by atoms with Gasteiger partial charge in [0.05, 0.1) is 17.2 Å². The largest absolute Gasteiger partial charge is 0.357 e. The highest BCUT2D eigenvalue weighted by Gasteiger charge is 2.14. The van der Waals surface area contributed by atoms with Crippen LogP contribution in [0.4, 0.5) is 0 Å². The number of rotatable bonds is 7. The van der Waals surface area contributed by atoms with Gasteiger partial charge in [-0.1, -0.05) is 0 Å². The van der Waals surface area contributed by atoms with Gasteiger partial charge in [0.25, 0.3) is 0 Å². The van der Waals surface area contributed by atoms with Crippen LogP contribution in [0.15, 0.2) is 21.8 Å². The Labute approximate surface area is 152 Å². The van der Waals surface area contributed by atoms with Crippen molar-refractivity contribution in [2.45, 2.75) is 52.0 Å². The van der Waals surface area contributed by atoms with E-state index in [-0.39, 0.29) is 0 Å². The SMILES string of the molecule is CCNC(=NCc1ccsc1)NCCCc1nc2c(s1)CCCC2. The molecule has 3 rings (SSSR count). The van der Waals surface area contributed by atoms with Gasteiger partial charge in [0.1, 0.15) is 0 Å². The first kappa shape index (κ1) is 17.4. The van der Waals surface area contributed by atoms with Gasteiger partial charge in [-0.3, -0.25) is 0 Å². The van der Waals surface area contributed by atoms with Crippen LogP contribution in [0.5, 0.6) is 0 Å². The fraction of sp³-hybridized carbons (Fsp3) is 0.556. The lowest BCUT2D eigenvalue weighted by atomic mass is 10.0. The van der Waals surface area contributed by atoms with Crippen LogP contribution in [-0.2, 0) is 25.8 Å². The third kappa shape index (κ3) is 5.05. The number of fused-ring (bicyclic) bond motifs is 1. The molecule has 2 aromatic heterocycles. The molecule has 0 bridgehead atoms. The Morgan fingerprint density at radius 2 is 2.21 bits per heavy atom. The van der Waals surface area contributed by atoms with Crippen molar-refractivity contribution in [1.82, 2.24) is 15.6 Å². The Bertz CT molecular complexity index is 623. The van der Waals surface area contributed by atoms with Crippen molar-refractivity contribution in [3.05, 3.63) is 38.0 Å². The zero-order valence-corrected chi connectivity index (χ0v) is 15.9. The quantitative estimate of drug-likeness (QED) is 0.448. The number of nitrogens with one attached hydrogen (secondary N) is 2. The van der Waals surface area contributed by atoms with E-state index in [0.29, 0.717) is 0 Å². The maximum Gasteiger partial charge on any atom is 0.191 e. The third-order valence-electron chi connectivity index (χ3n) is 4.09. The van der Waals surface area contributed by atoms with Gasteiger partial charge in [-0.15, -0.1) is 11.3 Å². The van der Waals surface area contributed by atoms with Gasteiger partial charge < -0.3 is 10.6 Å². The van der Waals surface area contributed by atoms with Crippen molar-refractivity contribution >= 4 is 28.6 Å². The molecule has 0 unspecified atom stereocenters. The molecular formula is C18H26N4S2. The molecule has 24 heavy (non-hydrogen) atoms. The second kappa shape index (κ2) is 9.18. The number of nitrogens with zero attached hydrogens (tertiary/aromatic N) is 2. The summed E-state index contributed by atoms with van der Waals surface area (Å²) in [6.45, 7) is 4.65. The predicted molar refractivity (Wildman–Crippen MR) is 104 cm³/mol. The molecule has 1 aliphatic carbocycles. The molecule has 0 atom stereocenters. The zero-order chi connectivity index (χ0) is 16.6. The van der Waals surface area contributed by atoms with E-state index in [0.717, 1.165) is 38.4 Å². The molecule has 2 N–H and O–H groups in total. The molecule has 130 valence electrons. The smallest absolute Gasteiger partial charge is 0.191 e. The fourth-order valence-electron chi connectivity index (χ4n) is 2.85. The average molecular weight is 363 g/mol. The summed E-state index contributed by atoms with van der Waals surface area (Å²) in [5.74, 6) is 0.905. The summed E-state index contributed by atoms with van der Waals surface area (Å²) in [5.41, 5.74) is 2.64. The van der Waals surface area contributed by atoms with Gasteiger partial charge in [-0.05, 0) is 61.4 Å². The molecular weight excluding hydrogens is 336 g/mol. The molecule has 0 spiro atoms. The molecule has 0 fully saturated rings. The average Bonchev–Trinajstić information content (AvgIpc) is 3.25. The number of thiazole rings is 1. The van der Waals surface area contributed by atoms with Gasteiger partial charge in [0.2, 0.25) is 0 Å². The van der Waals surface area contributed by atoms with Crippen LogP contribution in [0.3, 0.4) is 0 Å². The summed E-state index contributed by atoms with van der Waals surface area (Å²) >= 11 is 3.65. The number of guanidine groups is 1. The van der Waals surface area contributed by atoms with E-state index < -0.39 is 0 Å². The minimum atomic E-state index is 0.734. The minimum Gasteiger partial charge on any atom is -0.357 e. The van der Waals surface area contributed by atoms with E-state index in [2.05, 4.69) is 39.4 Å². The molecule has 2 heterocycles. The number of aryl methyl sites for hydroxylation is 3. The Morgan fingerprint density at radius 1 is 1.29 bits per heavy atom. The highest BCUT2D eigenvalue weighted by Crippen LogP contribution is 2.27. The molecule has 0 saturated carbocycles. The van der Waals surface area contributed by atoms with Crippen LogP contribution in [0.2, 0.25) is 0 Å². The standard InChI is InChI=1S/C18H26N4S2/c1-2-19-18(21-12-14-9-11-23-13-14)20-10-5-8-17-22-15-6-3-4-7-16(15)24-17/h9,11,13H,2-8,10,12H2,1H3,(H2,19,20,21). The van der Waals surface area contributed by atoms with E-state index in [1.807, 2.05) is 11.3 Å². The second-order valence-corrected chi connectivity index (χ2v) is 7.99. The number of thiophene rings is 1. The van der Waals surface area contributed by atoms with Gasteiger partial charge >= 0.3 is 0 Å². The molecule has 4 nitrogen and oxygen atoms in total. The number of aliphatic imine (C=N–C) groups is 1. The summed E-state index contributed by atoms with van der Waals surface area (Å²) in [4.78, 5) is 11.0. The van der Waals surface area contributed by atoms with Crippen LogP contribution in [-0.4, -0.2) is 24.0 Å². The lowest BCUT2D eigenvalue weighted by molar-refractivity contribution is 0.678. The number of aromatic nitrogens is 1. The molecule has 2 aromatic rings. The van der Waals surface area contributed by atoms with Gasteiger partial charge in [0, 0.05) is 24.4 Å². The van der Waals surface area contributed by atoms with Crippen molar-refractivity contribution in [1.29, 1.82) is 0 Å². The third-order valence-corrected chi connectivity index (χ3v) is 6.04. The van der Waals surface area contributed by atoms with Crippen LogP contribution < -0.4 is 10.6 Å². The van der Waals surface area contributed by atoms with Crippen LogP contribution in [0.25, 0.3) is 0 Å². The van der Waals surface area contributed by atoms with Crippen molar-refractivity contribution in [2.75, 3.05) is 13.1 Å². The Hall–Kier alpha value is -1.40. The Kier molecular flexibility index (Phi) is 6.66. The first-order valence-electron chi connectivity index (χ1n) is 8.86. The van der Waals surface area contributed by atoms with Gasteiger partial charge in [-0.2, -0.15) is 11.3 Å². The highest BCUT2D eigenvalue weighted by atomic mass is 32.1. The maximum absolute atomic E-state index is 4.82. The topological polar surface area (TPSA) is 49.3 Å². The first-order valence-corrected chi connectivity index (χ1v) is 10.6. The summed E-state index contributed by atoms with van der Waals surface area (Å²) in [5, 5.41) is 12.3. The Balaban J connectivity index is 1.43. The highest BCUT2D eigenvalue weighted by molar-refractivity contribution is 7.11. The van der Waals surface area contributed by atoms with Crippen molar-refractivity contribution in [3.8, 4) is 0 Å². The van der Waals surface area contributed by atoms with E-state index >= 15 is 0 Å². The molecule has 0 radical (unpaired) electrons. The molecule has 1 aliphatic rings. The lowest BCUT2D eigenvalue weighted by Crippen LogP contribution is -2.37. The lowest BCUT2D eigenvalue weighted by Gasteiger charge is -2.10. The second-order valence-electron chi connectivity index (χ2n) is 6.04. The molecule has 0 saturated heterocycles. The van der Waals surface area contributed by atoms with E-state index in [4.69, 9.17) is 4.98 Å². The van der Waals surface area contributed by atoms with Crippen LogP contribution >= 0.6 is 22.7 Å². The summed E-state index contributed by atoms with van der Waals surface area (Å²) in [6, 6.07) is 2.13. The number of hydrogen-bond acceptors (Lipinski definition) is 4. The zero-order valence-electron chi connectivity index (χ0n) is 14.3. The molecule has 0 aliphatic heterocycles. The Morgan fingerprint density at radius 3 is 3.00 bits per heavy atom.